The van der Waals surface area contributed by atoms with E-state index in [4.69, 9.17) is 18.9 Å². The first-order valence-corrected chi connectivity index (χ1v) is 8.54. The second kappa shape index (κ2) is 13.5. The molecule has 1 saturated carbocycles. The van der Waals surface area contributed by atoms with Gasteiger partial charge in [0.25, 0.3) is 0 Å². The normalized spacial score (nSPS) is 22.6. The van der Waals surface area contributed by atoms with Crippen molar-refractivity contribution in [1.29, 1.82) is 0 Å². The molecule has 4 heteroatoms. The van der Waals surface area contributed by atoms with Crippen LogP contribution in [0.1, 0.15) is 51.4 Å². The van der Waals surface area contributed by atoms with Crippen molar-refractivity contribution >= 4 is 0 Å². The molecule has 1 fully saturated rings. The van der Waals surface area contributed by atoms with Crippen LogP contribution in [0.4, 0.5) is 0 Å². The summed E-state index contributed by atoms with van der Waals surface area (Å²) in [5.41, 5.74) is 0. The summed E-state index contributed by atoms with van der Waals surface area (Å²) in [6, 6.07) is 0. The maximum atomic E-state index is 5.94. The van der Waals surface area contributed by atoms with Crippen LogP contribution in [0.5, 0.6) is 0 Å². The Morgan fingerprint density at radius 1 is 0.714 bits per heavy atom. The second-order valence-electron chi connectivity index (χ2n) is 5.99. The summed E-state index contributed by atoms with van der Waals surface area (Å²) in [6.45, 7) is 4.37. The molecule has 0 radical (unpaired) electrons. The van der Waals surface area contributed by atoms with E-state index in [-0.39, 0.29) is 0 Å². The molecule has 0 aliphatic heterocycles. The Balaban J connectivity index is 1.90. The van der Waals surface area contributed by atoms with Gasteiger partial charge in [-0.3, -0.25) is 0 Å². The van der Waals surface area contributed by atoms with E-state index >= 15 is 0 Å². The summed E-state index contributed by atoms with van der Waals surface area (Å²) in [5.74, 6) is 0.737. The Kier molecular flexibility index (Phi) is 12.1. The lowest BCUT2D eigenvalue weighted by atomic mass is 9.88. The molecule has 0 heterocycles. The van der Waals surface area contributed by atoms with Crippen LogP contribution in [0, 0.1) is 5.92 Å². The molecule has 0 unspecified atom stereocenters. The van der Waals surface area contributed by atoms with Crippen molar-refractivity contribution in [3.05, 3.63) is 0 Å². The van der Waals surface area contributed by atoms with E-state index in [2.05, 4.69) is 0 Å². The van der Waals surface area contributed by atoms with Crippen molar-refractivity contribution in [3.63, 3.8) is 0 Å². The number of unbranched alkanes of at least 4 members (excludes halogenated alkanes) is 2. The minimum atomic E-state index is 0.477. The van der Waals surface area contributed by atoms with Gasteiger partial charge in [-0.1, -0.05) is 0 Å². The average molecular weight is 302 g/mol. The van der Waals surface area contributed by atoms with Crippen LogP contribution in [-0.4, -0.2) is 53.4 Å². The number of ether oxygens (including phenoxy) is 4. The van der Waals surface area contributed by atoms with Crippen LogP contribution < -0.4 is 0 Å². The van der Waals surface area contributed by atoms with Gasteiger partial charge < -0.3 is 18.9 Å². The molecule has 0 spiro atoms. The summed E-state index contributed by atoms with van der Waals surface area (Å²) < 4.78 is 21.8. The molecule has 1 rings (SSSR count). The van der Waals surface area contributed by atoms with Crippen molar-refractivity contribution in [3.8, 4) is 0 Å². The molecule has 0 atom stereocenters. The van der Waals surface area contributed by atoms with E-state index < -0.39 is 0 Å². The zero-order valence-corrected chi connectivity index (χ0v) is 14.0. The highest BCUT2D eigenvalue weighted by molar-refractivity contribution is 4.72. The van der Waals surface area contributed by atoms with Gasteiger partial charge in [-0.25, -0.2) is 0 Å². The van der Waals surface area contributed by atoms with Gasteiger partial charge in [-0.2, -0.15) is 0 Å². The number of hydrogen-bond acceptors (Lipinski definition) is 4. The molecule has 0 saturated heterocycles. The standard InChI is InChI=1S/C17H34O4/c1-18-11-3-5-13-20-15-16-7-9-17(10-8-16)21-14-6-4-12-19-2/h16-17H,3-15H2,1-2H3. The highest BCUT2D eigenvalue weighted by atomic mass is 16.5. The van der Waals surface area contributed by atoms with Gasteiger partial charge in [0.15, 0.2) is 0 Å². The third-order valence-corrected chi connectivity index (χ3v) is 4.13. The van der Waals surface area contributed by atoms with Gasteiger partial charge in [0, 0.05) is 47.3 Å². The molecule has 21 heavy (non-hydrogen) atoms. The van der Waals surface area contributed by atoms with Crippen LogP contribution in [0.2, 0.25) is 0 Å². The smallest absolute Gasteiger partial charge is 0.0575 e. The Morgan fingerprint density at radius 2 is 1.29 bits per heavy atom. The molecular weight excluding hydrogens is 268 g/mol. The van der Waals surface area contributed by atoms with Gasteiger partial charge in [0.05, 0.1) is 6.10 Å². The van der Waals surface area contributed by atoms with E-state index in [9.17, 15) is 0 Å². The minimum Gasteiger partial charge on any atom is -0.385 e. The second-order valence-corrected chi connectivity index (χ2v) is 5.99. The highest BCUT2D eigenvalue weighted by Crippen LogP contribution is 2.26. The maximum Gasteiger partial charge on any atom is 0.0575 e. The van der Waals surface area contributed by atoms with E-state index in [1.165, 1.54) is 25.7 Å². The highest BCUT2D eigenvalue weighted by Gasteiger charge is 2.21. The third kappa shape index (κ3) is 10.2. The molecule has 0 bridgehead atoms. The molecule has 1 aliphatic rings. The summed E-state index contributed by atoms with van der Waals surface area (Å²) in [7, 11) is 3.50. The van der Waals surface area contributed by atoms with Crippen LogP contribution in [0.3, 0.4) is 0 Å². The first-order valence-electron chi connectivity index (χ1n) is 8.54. The third-order valence-electron chi connectivity index (χ3n) is 4.13. The molecule has 0 aromatic carbocycles. The largest absolute Gasteiger partial charge is 0.385 e. The lowest BCUT2D eigenvalue weighted by Crippen LogP contribution is -2.24. The summed E-state index contributed by atoms with van der Waals surface area (Å²) >= 11 is 0. The number of hydrogen-bond donors (Lipinski definition) is 0. The van der Waals surface area contributed by atoms with E-state index in [1.54, 1.807) is 14.2 Å². The lowest BCUT2D eigenvalue weighted by Gasteiger charge is -2.28. The molecule has 0 aromatic rings. The van der Waals surface area contributed by atoms with Gasteiger partial charge in [0.2, 0.25) is 0 Å². The van der Waals surface area contributed by atoms with Crippen molar-refractivity contribution in [1.82, 2.24) is 0 Å². The van der Waals surface area contributed by atoms with Gasteiger partial charge in [-0.05, 0) is 57.3 Å². The Hall–Kier alpha value is -0.160. The lowest BCUT2D eigenvalue weighted by molar-refractivity contribution is -0.000933. The maximum absolute atomic E-state index is 5.94. The summed E-state index contributed by atoms with van der Waals surface area (Å²) in [4.78, 5) is 0. The van der Waals surface area contributed by atoms with Gasteiger partial charge >= 0.3 is 0 Å². The van der Waals surface area contributed by atoms with E-state index in [0.29, 0.717) is 6.10 Å². The van der Waals surface area contributed by atoms with Crippen LogP contribution >= 0.6 is 0 Å². The zero-order valence-electron chi connectivity index (χ0n) is 14.0. The molecule has 0 amide bonds. The molecule has 126 valence electrons. The Morgan fingerprint density at radius 3 is 1.90 bits per heavy atom. The van der Waals surface area contributed by atoms with Gasteiger partial charge in [-0.15, -0.1) is 0 Å². The predicted octanol–water partition coefficient (Wildman–Crippen LogP) is 3.43. The monoisotopic (exact) mass is 302 g/mol. The Labute approximate surface area is 130 Å². The van der Waals surface area contributed by atoms with Crippen molar-refractivity contribution in [2.75, 3.05) is 47.3 Å². The summed E-state index contributed by atoms with van der Waals surface area (Å²) in [6.07, 6.45) is 9.78. The first kappa shape index (κ1) is 18.9. The Bertz CT molecular complexity index is 215. The fraction of sp³-hybridized carbons (Fsp3) is 1.00. The van der Waals surface area contributed by atoms with Crippen LogP contribution in [-0.2, 0) is 18.9 Å². The molecule has 1 aliphatic carbocycles. The van der Waals surface area contributed by atoms with Gasteiger partial charge in [0.1, 0.15) is 0 Å². The minimum absolute atomic E-state index is 0.477. The topological polar surface area (TPSA) is 36.9 Å². The quantitative estimate of drug-likeness (QED) is 0.488. The average Bonchev–Trinajstić information content (AvgIpc) is 2.52. The van der Waals surface area contributed by atoms with Crippen LogP contribution in [0.25, 0.3) is 0 Å². The predicted molar refractivity (Wildman–Crippen MR) is 84.7 cm³/mol. The number of methoxy groups -OCH3 is 2. The fourth-order valence-electron chi connectivity index (χ4n) is 2.76. The van der Waals surface area contributed by atoms with Crippen molar-refractivity contribution in [2.24, 2.45) is 5.92 Å². The molecule has 0 N–H and O–H groups in total. The fourth-order valence-corrected chi connectivity index (χ4v) is 2.76. The molecule has 4 nitrogen and oxygen atoms in total. The molecular formula is C17H34O4. The SMILES string of the molecule is COCCCCOCC1CCC(OCCCCOC)CC1. The van der Waals surface area contributed by atoms with Crippen LogP contribution in [0.15, 0.2) is 0 Å². The number of rotatable bonds is 13. The van der Waals surface area contributed by atoms with Crippen molar-refractivity contribution in [2.45, 2.75) is 57.5 Å². The zero-order chi connectivity index (χ0) is 15.2. The van der Waals surface area contributed by atoms with Crippen molar-refractivity contribution < 1.29 is 18.9 Å². The summed E-state index contributed by atoms with van der Waals surface area (Å²) in [5, 5.41) is 0. The van der Waals surface area contributed by atoms with E-state index in [0.717, 1.165) is 64.6 Å². The first-order chi connectivity index (χ1) is 10.4. The molecule has 0 aromatic heterocycles. The van der Waals surface area contributed by atoms with E-state index in [1.807, 2.05) is 0 Å².